The highest BCUT2D eigenvalue weighted by molar-refractivity contribution is 5.87. The van der Waals surface area contributed by atoms with Crippen LogP contribution < -0.4 is 4.74 Å². The maximum absolute atomic E-state index is 13.4. The van der Waals surface area contributed by atoms with Gasteiger partial charge in [-0.25, -0.2) is 4.79 Å². The van der Waals surface area contributed by atoms with Gasteiger partial charge < -0.3 is 14.5 Å². The lowest BCUT2D eigenvalue weighted by Crippen LogP contribution is -2.42. The number of aromatic amines is 1. The Morgan fingerprint density at radius 3 is 2.49 bits per heavy atom. The summed E-state index contributed by atoms with van der Waals surface area (Å²) in [5.74, 6) is 0.450. The van der Waals surface area contributed by atoms with E-state index < -0.39 is 17.8 Å². The molecule has 39 heavy (non-hydrogen) atoms. The lowest BCUT2D eigenvalue weighted by molar-refractivity contribution is -0.151. The molecule has 1 aliphatic rings. The Morgan fingerprint density at radius 1 is 1.08 bits per heavy atom. The van der Waals surface area contributed by atoms with Gasteiger partial charge in [-0.3, -0.25) is 4.90 Å². The van der Waals surface area contributed by atoms with Crippen molar-refractivity contribution in [2.24, 2.45) is 0 Å². The zero-order valence-corrected chi connectivity index (χ0v) is 21.9. The fourth-order valence-electron chi connectivity index (χ4n) is 5.59. The third kappa shape index (κ3) is 5.52. The number of ether oxygens (including phenoxy) is 2. The molecule has 0 fully saturated rings. The molecule has 0 bridgehead atoms. The zero-order valence-electron chi connectivity index (χ0n) is 21.9. The maximum Gasteiger partial charge on any atom is 0.416 e. The number of aryl methyl sites for hydroxylation is 1. The Bertz CT molecular complexity index is 1430. The van der Waals surface area contributed by atoms with Gasteiger partial charge in [0.1, 0.15) is 11.8 Å². The number of nitrogens with one attached hydrogen (secondary N) is 1. The van der Waals surface area contributed by atoms with Gasteiger partial charge in [0, 0.05) is 23.1 Å². The van der Waals surface area contributed by atoms with Crippen LogP contribution in [0.2, 0.25) is 0 Å². The molecule has 1 N–H and O–H groups in total. The average Bonchev–Trinajstić information content (AvgIpc) is 3.31. The van der Waals surface area contributed by atoms with E-state index in [4.69, 9.17) is 9.47 Å². The molecule has 0 saturated carbocycles. The first-order valence-electron chi connectivity index (χ1n) is 13.1. The number of carbonyl (C=O) groups is 1. The first-order valence-corrected chi connectivity index (χ1v) is 13.1. The molecule has 0 aliphatic carbocycles. The Kier molecular flexibility index (Phi) is 7.66. The van der Waals surface area contributed by atoms with Gasteiger partial charge >= 0.3 is 12.1 Å². The van der Waals surface area contributed by atoms with E-state index in [1.807, 2.05) is 48.5 Å². The molecule has 4 aromatic rings. The molecule has 8 heteroatoms. The largest absolute Gasteiger partial charge is 0.497 e. The SMILES string of the molecule is CCOC(=O)C(c1ccccc1)N1CCc2c([nH]c3ccc(OC)cc23)C1CCc1ccc(C(F)(F)F)cc1. The van der Waals surface area contributed by atoms with Crippen LogP contribution in [0, 0.1) is 0 Å². The minimum absolute atomic E-state index is 0.191. The standard InChI is InChI=1S/C31H31F3N2O3/c1-3-39-30(37)29(21-7-5-4-6-8-21)36-18-17-24-25-19-23(38-2)14-15-26(25)35-28(24)27(36)16-11-20-9-12-22(13-10-20)31(32,33)34/h4-10,12-15,19,27,29,35H,3,11,16-18H2,1-2H3. The van der Waals surface area contributed by atoms with Gasteiger partial charge in [0.2, 0.25) is 0 Å². The summed E-state index contributed by atoms with van der Waals surface area (Å²) in [5.41, 5.74) is 4.16. The van der Waals surface area contributed by atoms with E-state index in [1.165, 1.54) is 17.7 Å². The first kappa shape index (κ1) is 26.8. The average molecular weight is 537 g/mol. The highest BCUT2D eigenvalue weighted by atomic mass is 19.4. The number of aromatic nitrogens is 1. The molecule has 2 unspecified atom stereocenters. The second-order valence-electron chi connectivity index (χ2n) is 9.73. The molecule has 0 saturated heterocycles. The Balaban J connectivity index is 1.54. The second-order valence-corrected chi connectivity index (χ2v) is 9.73. The summed E-state index contributed by atoms with van der Waals surface area (Å²) in [6.07, 6.45) is -2.50. The van der Waals surface area contributed by atoms with Crippen molar-refractivity contribution in [1.82, 2.24) is 9.88 Å². The van der Waals surface area contributed by atoms with Gasteiger partial charge in [0.05, 0.1) is 25.3 Å². The second kappa shape index (κ2) is 11.1. The van der Waals surface area contributed by atoms with E-state index in [9.17, 15) is 18.0 Å². The van der Waals surface area contributed by atoms with Crippen LogP contribution in [0.15, 0.2) is 72.8 Å². The van der Waals surface area contributed by atoms with Crippen LogP contribution in [0.4, 0.5) is 13.2 Å². The molecule has 0 radical (unpaired) electrons. The van der Waals surface area contributed by atoms with Crippen LogP contribution in [0.1, 0.15) is 53.4 Å². The molecule has 2 atom stereocenters. The third-order valence-corrected chi connectivity index (χ3v) is 7.44. The molecule has 1 aromatic heterocycles. The number of esters is 1. The smallest absolute Gasteiger partial charge is 0.416 e. The number of halogens is 3. The van der Waals surface area contributed by atoms with E-state index in [-0.39, 0.29) is 18.6 Å². The van der Waals surface area contributed by atoms with Crippen LogP contribution in [0.3, 0.4) is 0 Å². The van der Waals surface area contributed by atoms with E-state index in [1.54, 1.807) is 14.0 Å². The maximum atomic E-state index is 13.4. The number of alkyl halides is 3. The van der Waals surface area contributed by atoms with Crippen molar-refractivity contribution in [2.45, 2.75) is 44.4 Å². The molecule has 3 aromatic carbocycles. The first-order chi connectivity index (χ1) is 18.8. The van der Waals surface area contributed by atoms with Crippen LogP contribution >= 0.6 is 0 Å². The highest BCUT2D eigenvalue weighted by Gasteiger charge is 2.39. The minimum atomic E-state index is -4.37. The Labute approximate surface area is 225 Å². The Morgan fingerprint density at radius 2 is 1.82 bits per heavy atom. The van der Waals surface area contributed by atoms with Gasteiger partial charge in [-0.2, -0.15) is 13.2 Å². The summed E-state index contributed by atoms with van der Waals surface area (Å²) in [4.78, 5) is 19.1. The number of H-pyrrole nitrogens is 1. The minimum Gasteiger partial charge on any atom is -0.497 e. The van der Waals surface area contributed by atoms with Crippen molar-refractivity contribution in [2.75, 3.05) is 20.3 Å². The summed E-state index contributed by atoms with van der Waals surface area (Å²) < 4.78 is 50.3. The molecule has 0 amide bonds. The van der Waals surface area contributed by atoms with E-state index >= 15 is 0 Å². The van der Waals surface area contributed by atoms with Crippen LogP contribution in [0.25, 0.3) is 10.9 Å². The third-order valence-electron chi connectivity index (χ3n) is 7.44. The van der Waals surface area contributed by atoms with Crippen molar-refractivity contribution < 1.29 is 27.4 Å². The summed E-state index contributed by atoms with van der Waals surface area (Å²) in [6, 6.07) is 20.0. The number of carbonyl (C=O) groups excluding carboxylic acids is 1. The monoisotopic (exact) mass is 536 g/mol. The number of hydrogen-bond donors (Lipinski definition) is 1. The molecular formula is C31H31F3N2O3. The normalized spacial score (nSPS) is 16.6. The van der Waals surface area contributed by atoms with E-state index in [0.717, 1.165) is 52.0 Å². The molecule has 204 valence electrons. The number of methoxy groups -OCH3 is 1. The molecule has 0 spiro atoms. The molecule has 5 nitrogen and oxygen atoms in total. The summed E-state index contributed by atoms with van der Waals surface area (Å²) >= 11 is 0. The number of hydrogen-bond acceptors (Lipinski definition) is 4. The number of nitrogens with zero attached hydrogens (tertiary/aromatic N) is 1. The van der Waals surface area contributed by atoms with Crippen molar-refractivity contribution >= 4 is 16.9 Å². The lowest BCUT2D eigenvalue weighted by atomic mass is 9.90. The summed E-state index contributed by atoms with van der Waals surface area (Å²) in [5, 5.41) is 1.08. The number of fused-ring (bicyclic) bond motifs is 3. The van der Waals surface area contributed by atoms with Crippen molar-refractivity contribution in [3.05, 3.63) is 101 Å². The molecule has 1 aliphatic heterocycles. The van der Waals surface area contributed by atoms with Crippen molar-refractivity contribution in [1.29, 1.82) is 0 Å². The fraction of sp³-hybridized carbons (Fsp3) is 0.323. The molecular weight excluding hydrogens is 505 g/mol. The van der Waals surface area contributed by atoms with Crippen molar-refractivity contribution in [3.63, 3.8) is 0 Å². The van der Waals surface area contributed by atoms with E-state index in [2.05, 4.69) is 9.88 Å². The molecule has 2 heterocycles. The summed E-state index contributed by atoms with van der Waals surface area (Å²) in [6.45, 7) is 2.68. The summed E-state index contributed by atoms with van der Waals surface area (Å²) in [7, 11) is 1.64. The number of rotatable bonds is 8. The van der Waals surface area contributed by atoms with Gasteiger partial charge in [-0.15, -0.1) is 0 Å². The predicted molar refractivity (Wildman–Crippen MR) is 144 cm³/mol. The van der Waals surface area contributed by atoms with Gasteiger partial charge in [0.25, 0.3) is 0 Å². The zero-order chi connectivity index (χ0) is 27.6. The van der Waals surface area contributed by atoms with Gasteiger partial charge in [0.15, 0.2) is 0 Å². The lowest BCUT2D eigenvalue weighted by Gasteiger charge is -2.40. The Hall–Kier alpha value is -3.78. The predicted octanol–water partition coefficient (Wildman–Crippen LogP) is 7.03. The molecule has 5 rings (SSSR count). The quantitative estimate of drug-likeness (QED) is 0.246. The fourth-order valence-corrected chi connectivity index (χ4v) is 5.59. The van der Waals surface area contributed by atoms with Crippen molar-refractivity contribution in [3.8, 4) is 5.75 Å². The van der Waals surface area contributed by atoms with Crippen LogP contribution in [-0.2, 0) is 28.5 Å². The highest BCUT2D eigenvalue weighted by Crippen LogP contribution is 2.42. The van der Waals surface area contributed by atoms with Crippen LogP contribution in [-0.4, -0.2) is 36.1 Å². The van der Waals surface area contributed by atoms with E-state index in [0.29, 0.717) is 19.4 Å². The topological polar surface area (TPSA) is 54.6 Å². The number of benzene rings is 3. The van der Waals surface area contributed by atoms with Crippen LogP contribution in [0.5, 0.6) is 5.75 Å². The van der Waals surface area contributed by atoms with Gasteiger partial charge in [-0.1, -0.05) is 42.5 Å². The van der Waals surface area contributed by atoms with Gasteiger partial charge in [-0.05, 0) is 73.2 Å².